The normalized spacial score (nSPS) is 12.2. The molecule has 3 aromatic rings. The summed E-state index contributed by atoms with van der Waals surface area (Å²) in [7, 11) is 4.05. The van der Waals surface area contributed by atoms with E-state index in [1.165, 1.54) is 39.9 Å². The number of nitrogens with zero attached hydrogens (tertiary/aromatic N) is 4. The van der Waals surface area contributed by atoms with Crippen LogP contribution in [-0.4, -0.2) is 244 Å². The van der Waals surface area contributed by atoms with Gasteiger partial charge in [0.15, 0.2) is 0 Å². The van der Waals surface area contributed by atoms with Gasteiger partial charge in [0.25, 0.3) is 35.4 Å². The predicted molar refractivity (Wildman–Crippen MR) is 360 cm³/mol. The van der Waals surface area contributed by atoms with Crippen molar-refractivity contribution in [1.29, 1.82) is 0 Å². The zero-order valence-corrected chi connectivity index (χ0v) is 59.9. The Labute approximate surface area is 571 Å². The number of halogens is 7. The topological polar surface area (TPSA) is 409 Å². The molecule has 27 nitrogen and oxygen atoms in total. The second-order valence-corrected chi connectivity index (χ2v) is 25.7. The smallest absolute Gasteiger partial charge is 0.255 e. The maximum atomic E-state index is 15.3. The summed E-state index contributed by atoms with van der Waals surface area (Å²) in [5, 5.41) is 101. The number of carbonyl (C=O) groups is 9. The van der Waals surface area contributed by atoms with Gasteiger partial charge in [0.05, 0.1) is 103 Å². The Morgan fingerprint density at radius 3 is 1.11 bits per heavy atom. The van der Waals surface area contributed by atoms with Gasteiger partial charge < -0.3 is 92.1 Å². The van der Waals surface area contributed by atoms with Gasteiger partial charge in [-0.25, -0.2) is 0 Å². The van der Waals surface area contributed by atoms with Crippen LogP contribution in [0.1, 0.15) is 79.7 Å². The van der Waals surface area contributed by atoms with Gasteiger partial charge in [0.2, 0.25) is 17.7 Å². The first kappa shape index (κ1) is 74.9. The fourth-order valence-corrected chi connectivity index (χ4v) is 17.6. The predicted octanol–water partition coefficient (Wildman–Crippen LogP) is 0.296. The van der Waals surface area contributed by atoms with Crippen molar-refractivity contribution in [1.82, 2.24) is 30.2 Å². The molecule has 3 rings (SSSR count). The van der Waals surface area contributed by atoms with E-state index < -0.39 is 111 Å². The summed E-state index contributed by atoms with van der Waals surface area (Å²) in [5.74, 6) is -7.06. The SMILES string of the molecule is Cc1c(NC(=O)CO)c(I)c(C(=O)N(C)CC(O)CO)c(I)c1C(=O)NCCN(CCCNC(=O)c1c(I)c(NC(=O)CO)c(I)c(C(=O)N(C)CC(O)CO)c1I)C(=O)c1c(C)c(NC(=O)CO)c(I)c(C(=O)N(C)CC(O)CO)c1I. The van der Waals surface area contributed by atoms with Crippen LogP contribution in [0.2, 0.25) is 0 Å². The van der Waals surface area contributed by atoms with Gasteiger partial charge in [-0.15, -0.1) is 0 Å². The summed E-state index contributed by atoms with van der Waals surface area (Å²) in [4.78, 5) is 129. The lowest BCUT2D eigenvalue weighted by atomic mass is 9.99. The molecule has 3 aromatic carbocycles. The van der Waals surface area contributed by atoms with E-state index >= 15 is 4.79 Å². The van der Waals surface area contributed by atoms with Crippen LogP contribution in [0.5, 0.6) is 0 Å². The van der Waals surface area contributed by atoms with Crippen LogP contribution in [-0.2, 0) is 14.4 Å². The fourth-order valence-electron chi connectivity index (χ4n) is 7.86. The molecule has 3 atom stereocenters. The number of hydrogen-bond acceptors (Lipinski definition) is 18. The number of rotatable bonds is 28. The molecule has 458 valence electrons. The molecule has 0 heterocycles. The van der Waals surface area contributed by atoms with Crippen LogP contribution in [0.15, 0.2) is 0 Å². The van der Waals surface area contributed by atoms with Gasteiger partial charge >= 0.3 is 0 Å². The lowest BCUT2D eigenvalue weighted by molar-refractivity contribution is -0.119. The minimum absolute atomic E-state index is 0.0111. The Hall–Kier alpha value is -2.36. The summed E-state index contributed by atoms with van der Waals surface area (Å²) in [5.41, 5.74) is -0.147. The average molecular weight is 1950 g/mol. The first-order valence-corrected chi connectivity index (χ1v) is 31.9. The molecule has 83 heavy (non-hydrogen) atoms. The molecule has 9 amide bonds. The molecule has 0 saturated carbocycles. The molecule has 34 heteroatoms. The highest BCUT2D eigenvalue weighted by atomic mass is 127. The lowest BCUT2D eigenvalue weighted by Crippen LogP contribution is -2.42. The molecule has 0 bridgehead atoms. The number of anilines is 3. The number of benzene rings is 3. The standard InChI is InChI=1S/C49H60I7N9O18/c1-20-28(34(50)31(38(54)41(20)59-25(75)17-69)46(80)62(3)11-22(72)14-66)44(78)58-8-10-65(49(83)29-21(2)42(60-26(76)18-70)39(55)32(35(29)51)47(81)63(4)12-23(73)15-67)9-6-7-57-45(79)30-36(52)33(48(82)64(5)13-24(74)16-68)40(56)43(37(30)53)61-27(77)19-71/h22-24,66-74H,6-19H2,1-5H3,(H,57,79)(H,58,78)(H,59,75)(H,60,76)(H,61,77). The number of amides is 9. The van der Waals surface area contributed by atoms with E-state index in [0.717, 1.165) is 14.7 Å². The molecule has 3 unspecified atom stereocenters. The maximum absolute atomic E-state index is 15.3. The van der Waals surface area contributed by atoms with Crippen LogP contribution in [0.4, 0.5) is 17.1 Å². The van der Waals surface area contributed by atoms with Gasteiger partial charge in [-0.2, -0.15) is 0 Å². The Bertz CT molecular complexity index is 3000. The molecule has 0 saturated heterocycles. The zero-order chi connectivity index (χ0) is 63.1. The Balaban J connectivity index is 2.24. The van der Waals surface area contributed by atoms with Crippen LogP contribution < -0.4 is 26.6 Å². The van der Waals surface area contributed by atoms with E-state index in [-0.39, 0.29) is 139 Å². The molecular weight excluding hydrogens is 1890 g/mol. The van der Waals surface area contributed by atoms with Gasteiger partial charge in [-0.05, 0) is 190 Å². The van der Waals surface area contributed by atoms with Crippen molar-refractivity contribution >= 4 is 228 Å². The number of aliphatic hydroxyl groups is 9. The van der Waals surface area contributed by atoms with Gasteiger partial charge in [-0.1, -0.05) is 0 Å². The van der Waals surface area contributed by atoms with E-state index in [0.29, 0.717) is 0 Å². The largest absolute Gasteiger partial charge is 0.394 e. The summed E-state index contributed by atoms with van der Waals surface area (Å²) < 4.78 is 1.05. The lowest BCUT2D eigenvalue weighted by Gasteiger charge is -2.28. The number of likely N-dealkylation sites (N-methyl/N-ethyl adjacent to an activating group) is 3. The third-order valence-electron chi connectivity index (χ3n) is 12.1. The number of hydrogen-bond donors (Lipinski definition) is 14. The van der Waals surface area contributed by atoms with Crippen LogP contribution in [0.3, 0.4) is 0 Å². The first-order valence-electron chi connectivity index (χ1n) is 24.4. The molecule has 0 aliphatic carbocycles. The molecule has 0 spiro atoms. The van der Waals surface area contributed by atoms with E-state index in [2.05, 4.69) is 26.6 Å². The monoisotopic (exact) mass is 1950 g/mol. The van der Waals surface area contributed by atoms with Crippen molar-refractivity contribution in [2.24, 2.45) is 0 Å². The second kappa shape index (κ2) is 35.0. The van der Waals surface area contributed by atoms with Gasteiger partial charge in [-0.3, -0.25) is 43.2 Å². The van der Waals surface area contributed by atoms with E-state index in [1.807, 2.05) is 45.2 Å². The maximum Gasteiger partial charge on any atom is 0.255 e. The molecule has 0 radical (unpaired) electrons. The highest BCUT2D eigenvalue weighted by Crippen LogP contribution is 2.39. The van der Waals surface area contributed by atoms with Crippen molar-refractivity contribution in [3.8, 4) is 0 Å². The minimum Gasteiger partial charge on any atom is -0.394 e. The molecule has 14 N–H and O–H groups in total. The highest BCUT2D eigenvalue weighted by molar-refractivity contribution is 14.1. The summed E-state index contributed by atoms with van der Waals surface area (Å²) in [6.45, 7) is -3.88. The highest BCUT2D eigenvalue weighted by Gasteiger charge is 2.35. The van der Waals surface area contributed by atoms with Crippen molar-refractivity contribution in [2.75, 3.05) is 123 Å². The molecular formula is C49H60I7N9O18. The van der Waals surface area contributed by atoms with Crippen molar-refractivity contribution < 1.29 is 89.1 Å². The Kier molecular flexibility index (Phi) is 31.6. The molecule has 0 fully saturated rings. The van der Waals surface area contributed by atoms with E-state index in [9.17, 15) is 84.3 Å². The fraction of sp³-hybridized carbons (Fsp3) is 0.449. The molecule has 0 aliphatic rings. The minimum atomic E-state index is -1.35. The average Bonchev–Trinajstić information content (AvgIpc) is 3.31. The van der Waals surface area contributed by atoms with Crippen LogP contribution in [0.25, 0.3) is 0 Å². The quantitative estimate of drug-likeness (QED) is 0.0343. The van der Waals surface area contributed by atoms with Crippen molar-refractivity contribution in [3.05, 3.63) is 69.5 Å². The number of carbonyl (C=O) groups excluding carboxylic acids is 9. The van der Waals surface area contributed by atoms with Gasteiger partial charge in [0.1, 0.15) is 19.8 Å². The third-order valence-corrected chi connectivity index (χ3v) is 19.6. The molecule has 0 aliphatic heterocycles. The number of nitrogens with one attached hydrogen (secondary N) is 5. The molecule has 0 aromatic heterocycles. The van der Waals surface area contributed by atoms with Gasteiger partial charge in [0, 0.05) is 77.7 Å². The number of aliphatic hydroxyl groups excluding tert-OH is 9. The summed E-state index contributed by atoms with van der Waals surface area (Å²) in [6, 6.07) is 0. The van der Waals surface area contributed by atoms with Crippen molar-refractivity contribution in [2.45, 2.75) is 38.6 Å². The van der Waals surface area contributed by atoms with Crippen LogP contribution >= 0.6 is 158 Å². The third kappa shape index (κ3) is 19.1. The summed E-state index contributed by atoms with van der Waals surface area (Å²) >= 11 is 12.6. The second-order valence-electron chi connectivity index (χ2n) is 18.2. The Morgan fingerprint density at radius 2 is 0.723 bits per heavy atom. The zero-order valence-electron chi connectivity index (χ0n) is 44.8. The first-order chi connectivity index (χ1) is 38.9. The Morgan fingerprint density at radius 1 is 0.410 bits per heavy atom. The van der Waals surface area contributed by atoms with E-state index in [1.54, 1.807) is 113 Å². The van der Waals surface area contributed by atoms with Crippen molar-refractivity contribution in [3.63, 3.8) is 0 Å². The van der Waals surface area contributed by atoms with Crippen LogP contribution in [0, 0.1) is 38.8 Å². The van der Waals surface area contributed by atoms with E-state index in [4.69, 9.17) is 0 Å². The summed E-state index contributed by atoms with van der Waals surface area (Å²) in [6.07, 6.45) is -4.00.